The number of nitrogens with two attached hydrogens (primary N) is 1. The third kappa shape index (κ3) is 2.66. The van der Waals surface area contributed by atoms with Crippen LogP contribution in [0.5, 0.6) is 0 Å². The summed E-state index contributed by atoms with van der Waals surface area (Å²) >= 11 is 0. The van der Waals surface area contributed by atoms with Crippen molar-refractivity contribution in [2.75, 3.05) is 20.3 Å². The van der Waals surface area contributed by atoms with Crippen LogP contribution in [0.2, 0.25) is 0 Å². The van der Waals surface area contributed by atoms with Gasteiger partial charge in [0.25, 0.3) is 0 Å². The van der Waals surface area contributed by atoms with Gasteiger partial charge in [-0.3, -0.25) is 4.79 Å². The van der Waals surface area contributed by atoms with E-state index in [1.54, 1.807) is 6.92 Å². The first kappa shape index (κ1) is 11.9. The number of hydrogen-bond acceptors (Lipinski definition) is 5. The summed E-state index contributed by atoms with van der Waals surface area (Å²) in [5, 5.41) is 2.49. The zero-order chi connectivity index (χ0) is 11.5. The largest absolute Gasteiger partial charge is 0.467 e. The van der Waals surface area contributed by atoms with Crippen LogP contribution in [0, 0.1) is 0 Å². The molecule has 1 rings (SSSR count). The van der Waals surface area contributed by atoms with Crippen molar-refractivity contribution in [2.24, 2.45) is 5.73 Å². The van der Waals surface area contributed by atoms with E-state index in [0.29, 0.717) is 13.0 Å². The molecule has 3 N–H and O–H groups in total. The molecule has 0 saturated carbocycles. The van der Waals surface area contributed by atoms with E-state index in [9.17, 15) is 9.59 Å². The summed E-state index contributed by atoms with van der Waals surface area (Å²) in [7, 11) is 1.27. The molecule has 6 heteroatoms. The van der Waals surface area contributed by atoms with Crippen molar-refractivity contribution in [2.45, 2.75) is 24.9 Å². The quantitative estimate of drug-likeness (QED) is 0.577. The van der Waals surface area contributed by atoms with Crippen LogP contribution in [-0.2, 0) is 19.1 Å². The molecule has 0 aliphatic carbocycles. The van der Waals surface area contributed by atoms with E-state index in [4.69, 9.17) is 10.5 Å². The Balaban J connectivity index is 2.51. The molecule has 1 aliphatic heterocycles. The fraction of sp³-hybridized carbons (Fsp3) is 0.778. The molecule has 0 aromatic rings. The van der Waals surface area contributed by atoms with Crippen LogP contribution in [0.4, 0.5) is 0 Å². The summed E-state index contributed by atoms with van der Waals surface area (Å²) in [6.45, 7) is 2.20. The molecule has 0 aromatic carbocycles. The lowest BCUT2D eigenvalue weighted by Crippen LogP contribution is -2.57. The molecule has 0 spiro atoms. The third-order valence-electron chi connectivity index (χ3n) is 2.41. The lowest BCUT2D eigenvalue weighted by molar-refractivity contribution is -0.145. The first-order valence-corrected chi connectivity index (χ1v) is 4.75. The summed E-state index contributed by atoms with van der Waals surface area (Å²) in [5.74, 6) is -0.872. The van der Waals surface area contributed by atoms with Crippen molar-refractivity contribution in [3.05, 3.63) is 0 Å². The van der Waals surface area contributed by atoms with Gasteiger partial charge in [0.2, 0.25) is 5.91 Å². The first-order valence-electron chi connectivity index (χ1n) is 4.75. The molecule has 1 aliphatic rings. The average molecular weight is 216 g/mol. The smallest absolute Gasteiger partial charge is 0.328 e. The number of nitrogens with one attached hydrogen (secondary N) is 1. The lowest BCUT2D eigenvalue weighted by Gasteiger charge is -2.22. The number of ether oxygens (including phenoxy) is 2. The summed E-state index contributed by atoms with van der Waals surface area (Å²) in [6.07, 6.45) is 0.465. The minimum absolute atomic E-state index is 0.187. The predicted octanol–water partition coefficient (Wildman–Crippen LogP) is -1.22. The second kappa shape index (κ2) is 4.59. The highest BCUT2D eigenvalue weighted by Gasteiger charge is 2.39. The molecule has 2 unspecified atom stereocenters. The fourth-order valence-electron chi connectivity index (χ4n) is 1.34. The van der Waals surface area contributed by atoms with Gasteiger partial charge >= 0.3 is 5.97 Å². The highest BCUT2D eigenvalue weighted by molar-refractivity contribution is 5.90. The van der Waals surface area contributed by atoms with Gasteiger partial charge in [0.1, 0.15) is 11.6 Å². The van der Waals surface area contributed by atoms with Crippen molar-refractivity contribution < 1.29 is 19.1 Å². The molecule has 0 bridgehead atoms. The fourth-order valence-corrected chi connectivity index (χ4v) is 1.34. The van der Waals surface area contributed by atoms with Gasteiger partial charge in [-0.05, 0) is 13.3 Å². The zero-order valence-electron chi connectivity index (χ0n) is 8.91. The number of rotatable bonds is 3. The maximum Gasteiger partial charge on any atom is 0.328 e. The lowest BCUT2D eigenvalue weighted by atomic mass is 9.99. The van der Waals surface area contributed by atoms with E-state index in [1.165, 1.54) is 7.11 Å². The Morgan fingerprint density at radius 3 is 2.73 bits per heavy atom. The molecule has 1 fully saturated rings. The second-order valence-corrected chi connectivity index (χ2v) is 3.68. The SMILES string of the molecule is COC(=O)C(C)NC(=O)C1(N)CCOC1. The number of carbonyl (C=O) groups excluding carboxylic acids is 2. The Morgan fingerprint density at radius 2 is 2.27 bits per heavy atom. The molecule has 15 heavy (non-hydrogen) atoms. The van der Waals surface area contributed by atoms with Gasteiger partial charge in [-0.25, -0.2) is 4.79 Å². The van der Waals surface area contributed by atoms with Gasteiger partial charge in [0.15, 0.2) is 0 Å². The normalized spacial score (nSPS) is 27.1. The Morgan fingerprint density at radius 1 is 1.60 bits per heavy atom. The number of carbonyl (C=O) groups is 2. The van der Waals surface area contributed by atoms with Crippen molar-refractivity contribution in [1.29, 1.82) is 0 Å². The summed E-state index contributed by atoms with van der Waals surface area (Å²) in [5.41, 5.74) is 4.79. The van der Waals surface area contributed by atoms with E-state index in [-0.39, 0.29) is 12.5 Å². The van der Waals surface area contributed by atoms with E-state index in [0.717, 1.165) is 0 Å². The number of hydrogen-bond donors (Lipinski definition) is 2. The number of esters is 1. The van der Waals surface area contributed by atoms with Gasteiger partial charge in [-0.2, -0.15) is 0 Å². The Labute approximate surface area is 88.1 Å². The van der Waals surface area contributed by atoms with Crippen LogP contribution in [0.3, 0.4) is 0 Å². The Bertz CT molecular complexity index is 261. The Kier molecular flexibility index (Phi) is 3.65. The Hall–Kier alpha value is -1.14. The molecule has 1 saturated heterocycles. The summed E-state index contributed by atoms with van der Waals surface area (Å²) in [6, 6.07) is -0.691. The van der Waals surface area contributed by atoms with Gasteiger partial charge in [0.05, 0.1) is 13.7 Å². The average Bonchev–Trinajstić information content (AvgIpc) is 2.65. The first-order chi connectivity index (χ1) is 6.99. The minimum Gasteiger partial charge on any atom is -0.467 e. The molecular formula is C9H16N2O4. The van der Waals surface area contributed by atoms with Crippen molar-refractivity contribution in [1.82, 2.24) is 5.32 Å². The molecule has 1 heterocycles. The molecule has 0 radical (unpaired) electrons. The number of methoxy groups -OCH3 is 1. The molecular weight excluding hydrogens is 200 g/mol. The third-order valence-corrected chi connectivity index (χ3v) is 2.41. The van der Waals surface area contributed by atoms with Crippen molar-refractivity contribution >= 4 is 11.9 Å². The van der Waals surface area contributed by atoms with Crippen LogP contribution >= 0.6 is 0 Å². The monoisotopic (exact) mass is 216 g/mol. The van der Waals surface area contributed by atoms with E-state index >= 15 is 0 Å². The van der Waals surface area contributed by atoms with Crippen LogP contribution < -0.4 is 11.1 Å². The van der Waals surface area contributed by atoms with Crippen LogP contribution in [0.25, 0.3) is 0 Å². The van der Waals surface area contributed by atoms with E-state index in [1.807, 2.05) is 0 Å². The minimum atomic E-state index is -1.01. The standard InChI is InChI=1S/C9H16N2O4/c1-6(7(12)14-2)11-8(13)9(10)3-4-15-5-9/h6H,3-5,10H2,1-2H3,(H,11,13). The predicted molar refractivity (Wildman–Crippen MR) is 52.0 cm³/mol. The summed E-state index contributed by atoms with van der Waals surface area (Å²) < 4.78 is 9.53. The maximum atomic E-state index is 11.7. The maximum absolute atomic E-state index is 11.7. The van der Waals surface area contributed by atoms with Gasteiger partial charge in [-0.1, -0.05) is 0 Å². The van der Waals surface area contributed by atoms with Crippen molar-refractivity contribution in [3.8, 4) is 0 Å². The molecule has 0 aromatic heterocycles. The highest BCUT2D eigenvalue weighted by atomic mass is 16.5. The molecule has 86 valence electrons. The van der Waals surface area contributed by atoms with Crippen molar-refractivity contribution in [3.63, 3.8) is 0 Å². The number of amides is 1. The highest BCUT2D eigenvalue weighted by Crippen LogP contribution is 2.15. The second-order valence-electron chi connectivity index (χ2n) is 3.68. The summed E-state index contributed by atoms with van der Waals surface area (Å²) in [4.78, 5) is 22.7. The van der Waals surface area contributed by atoms with Crippen LogP contribution in [-0.4, -0.2) is 43.8 Å². The molecule has 6 nitrogen and oxygen atoms in total. The van der Waals surface area contributed by atoms with Gasteiger partial charge in [0, 0.05) is 6.61 Å². The molecule has 2 atom stereocenters. The zero-order valence-corrected chi connectivity index (χ0v) is 8.91. The van der Waals surface area contributed by atoms with Crippen LogP contribution in [0.15, 0.2) is 0 Å². The van der Waals surface area contributed by atoms with Crippen LogP contribution in [0.1, 0.15) is 13.3 Å². The van der Waals surface area contributed by atoms with Gasteiger partial charge in [-0.15, -0.1) is 0 Å². The van der Waals surface area contributed by atoms with E-state index in [2.05, 4.69) is 10.1 Å². The van der Waals surface area contributed by atoms with Gasteiger partial charge < -0.3 is 20.5 Å². The molecule has 1 amide bonds. The topological polar surface area (TPSA) is 90.7 Å². The van der Waals surface area contributed by atoms with E-state index < -0.39 is 17.6 Å².